The number of hydrogen-bond acceptors (Lipinski definition) is 6. The van der Waals surface area contributed by atoms with Crippen LogP contribution in [0.4, 0.5) is 0 Å². The van der Waals surface area contributed by atoms with Gasteiger partial charge >= 0.3 is 5.97 Å². The highest BCUT2D eigenvalue weighted by atomic mass is 16.4. The molecule has 1 aromatic rings. The molecule has 0 saturated carbocycles. The van der Waals surface area contributed by atoms with E-state index in [4.69, 9.17) is 11.5 Å². The fraction of sp³-hybridized carbons (Fsp3) is 0.476. The molecule has 0 radical (unpaired) electrons. The van der Waals surface area contributed by atoms with E-state index in [1.54, 1.807) is 13.8 Å². The molecule has 176 valence electrons. The Labute approximate surface area is 186 Å². The Bertz CT molecular complexity index is 829. The molecule has 0 bridgehead atoms. The zero-order valence-electron chi connectivity index (χ0n) is 18.3. The molecule has 1 rings (SSSR count). The number of carboxylic acids is 1. The molecule has 0 spiro atoms. The van der Waals surface area contributed by atoms with Gasteiger partial charge in [-0.1, -0.05) is 44.2 Å². The molecule has 11 heteroatoms. The third kappa shape index (κ3) is 8.72. The van der Waals surface area contributed by atoms with Crippen LogP contribution in [0.3, 0.4) is 0 Å². The maximum Gasteiger partial charge on any atom is 0.326 e. The molecule has 32 heavy (non-hydrogen) atoms. The van der Waals surface area contributed by atoms with Crippen LogP contribution in [0.5, 0.6) is 0 Å². The minimum atomic E-state index is -1.40. The molecular weight excluding hydrogens is 418 g/mol. The molecule has 4 amide bonds. The van der Waals surface area contributed by atoms with Crippen LogP contribution >= 0.6 is 0 Å². The molecule has 1 aromatic carbocycles. The fourth-order valence-electron chi connectivity index (χ4n) is 2.82. The first-order valence-electron chi connectivity index (χ1n) is 10.1. The van der Waals surface area contributed by atoms with Crippen molar-refractivity contribution in [2.75, 3.05) is 0 Å². The van der Waals surface area contributed by atoms with Gasteiger partial charge in [0.15, 0.2) is 0 Å². The standard InChI is InChI=1S/C21H31N5O6/c1-11(2)17(21(31)32)26-20(30)15(10-16(23)27)25-18(28)12(3)24-19(29)14(22)9-13-7-5-4-6-8-13/h4-8,11-12,14-15,17H,9-10,22H2,1-3H3,(H2,23,27)(H,24,29)(H,25,28)(H,26,30)(H,31,32). The summed E-state index contributed by atoms with van der Waals surface area (Å²) in [5.74, 6) is -4.78. The van der Waals surface area contributed by atoms with Crippen LogP contribution in [0, 0.1) is 5.92 Å². The zero-order valence-corrected chi connectivity index (χ0v) is 18.3. The van der Waals surface area contributed by atoms with Gasteiger partial charge < -0.3 is 32.5 Å². The summed E-state index contributed by atoms with van der Waals surface area (Å²) >= 11 is 0. The lowest BCUT2D eigenvalue weighted by atomic mass is 10.0. The van der Waals surface area contributed by atoms with Crippen molar-refractivity contribution < 1.29 is 29.1 Å². The topological polar surface area (TPSA) is 194 Å². The van der Waals surface area contributed by atoms with Crippen molar-refractivity contribution in [1.29, 1.82) is 0 Å². The molecule has 0 aliphatic heterocycles. The van der Waals surface area contributed by atoms with Crippen molar-refractivity contribution in [1.82, 2.24) is 16.0 Å². The molecule has 8 N–H and O–H groups in total. The molecule has 0 saturated heterocycles. The van der Waals surface area contributed by atoms with Gasteiger partial charge in [-0.2, -0.15) is 0 Å². The number of carboxylic acid groups (broad SMARTS) is 1. The third-order valence-corrected chi connectivity index (χ3v) is 4.66. The molecule has 11 nitrogen and oxygen atoms in total. The van der Waals surface area contributed by atoms with Crippen molar-refractivity contribution in [3.63, 3.8) is 0 Å². The fourth-order valence-corrected chi connectivity index (χ4v) is 2.82. The molecule has 0 aliphatic rings. The highest BCUT2D eigenvalue weighted by Gasteiger charge is 2.31. The van der Waals surface area contributed by atoms with E-state index >= 15 is 0 Å². The SMILES string of the molecule is CC(NC(=O)C(N)Cc1ccccc1)C(=O)NC(CC(N)=O)C(=O)NC(C(=O)O)C(C)C. The van der Waals surface area contributed by atoms with Gasteiger partial charge in [-0.3, -0.25) is 19.2 Å². The monoisotopic (exact) mass is 449 g/mol. The Morgan fingerprint density at radius 3 is 2.00 bits per heavy atom. The minimum absolute atomic E-state index is 0.263. The van der Waals surface area contributed by atoms with Gasteiger partial charge in [-0.25, -0.2) is 4.79 Å². The van der Waals surface area contributed by atoms with Crippen molar-refractivity contribution in [2.45, 2.75) is 57.8 Å². The zero-order chi connectivity index (χ0) is 24.4. The number of hydrogen-bond donors (Lipinski definition) is 6. The van der Waals surface area contributed by atoms with E-state index in [9.17, 15) is 29.1 Å². The molecule has 0 heterocycles. The van der Waals surface area contributed by atoms with Crippen molar-refractivity contribution in [3.8, 4) is 0 Å². The Hall–Kier alpha value is -3.47. The van der Waals surface area contributed by atoms with Crippen LogP contribution < -0.4 is 27.4 Å². The largest absolute Gasteiger partial charge is 0.480 e. The van der Waals surface area contributed by atoms with Gasteiger partial charge in [0.05, 0.1) is 12.5 Å². The Morgan fingerprint density at radius 2 is 1.50 bits per heavy atom. The average Bonchev–Trinajstić information content (AvgIpc) is 2.70. The lowest BCUT2D eigenvalue weighted by Gasteiger charge is -2.24. The second-order valence-corrected chi connectivity index (χ2v) is 7.83. The molecule has 0 aliphatic carbocycles. The van der Waals surface area contributed by atoms with E-state index in [2.05, 4.69) is 16.0 Å². The van der Waals surface area contributed by atoms with Gasteiger partial charge in [-0.15, -0.1) is 0 Å². The van der Waals surface area contributed by atoms with Crippen LogP contribution in [-0.2, 0) is 30.4 Å². The smallest absolute Gasteiger partial charge is 0.326 e. The highest BCUT2D eigenvalue weighted by molar-refractivity contribution is 5.96. The number of primary amides is 1. The van der Waals surface area contributed by atoms with Crippen molar-refractivity contribution in [2.24, 2.45) is 17.4 Å². The molecule has 4 atom stereocenters. The maximum atomic E-state index is 12.5. The molecule has 0 aromatic heterocycles. The lowest BCUT2D eigenvalue weighted by Crippen LogP contribution is -2.57. The van der Waals surface area contributed by atoms with E-state index in [0.717, 1.165) is 5.56 Å². The number of nitrogens with two attached hydrogens (primary N) is 2. The van der Waals surface area contributed by atoms with Crippen LogP contribution in [0.15, 0.2) is 30.3 Å². The number of benzene rings is 1. The first-order valence-corrected chi connectivity index (χ1v) is 10.1. The minimum Gasteiger partial charge on any atom is -0.480 e. The normalized spacial score (nSPS) is 14.5. The number of carbonyl (C=O) groups is 5. The predicted molar refractivity (Wildman–Crippen MR) is 116 cm³/mol. The Morgan fingerprint density at radius 1 is 0.906 bits per heavy atom. The van der Waals surface area contributed by atoms with Crippen molar-refractivity contribution in [3.05, 3.63) is 35.9 Å². The summed E-state index contributed by atoms with van der Waals surface area (Å²) in [4.78, 5) is 60.0. The Balaban J connectivity index is 2.75. The summed E-state index contributed by atoms with van der Waals surface area (Å²) in [7, 11) is 0. The summed E-state index contributed by atoms with van der Waals surface area (Å²) in [5.41, 5.74) is 11.9. The van der Waals surface area contributed by atoms with Gasteiger partial charge in [0.1, 0.15) is 18.1 Å². The number of rotatable bonds is 12. The van der Waals surface area contributed by atoms with E-state index < -0.39 is 66.1 Å². The number of nitrogens with one attached hydrogen (secondary N) is 3. The van der Waals surface area contributed by atoms with Gasteiger partial charge in [0.2, 0.25) is 23.6 Å². The number of carbonyl (C=O) groups excluding carboxylic acids is 4. The van der Waals surface area contributed by atoms with E-state index in [1.165, 1.54) is 6.92 Å². The van der Waals surface area contributed by atoms with Crippen LogP contribution in [-0.4, -0.2) is 58.9 Å². The quantitative estimate of drug-likeness (QED) is 0.227. The molecular formula is C21H31N5O6. The van der Waals surface area contributed by atoms with Crippen LogP contribution in [0.2, 0.25) is 0 Å². The Kier molecular flexibility index (Phi) is 10.3. The predicted octanol–water partition coefficient (Wildman–Crippen LogP) is -1.35. The van der Waals surface area contributed by atoms with E-state index in [1.807, 2.05) is 30.3 Å². The average molecular weight is 450 g/mol. The third-order valence-electron chi connectivity index (χ3n) is 4.66. The summed E-state index contributed by atoms with van der Waals surface area (Å²) in [6.07, 6.45) is -0.282. The maximum absolute atomic E-state index is 12.5. The highest BCUT2D eigenvalue weighted by Crippen LogP contribution is 2.05. The lowest BCUT2D eigenvalue weighted by molar-refractivity contribution is -0.143. The molecule has 4 unspecified atom stereocenters. The summed E-state index contributed by atoms with van der Waals surface area (Å²) in [6, 6.07) is 4.49. The summed E-state index contributed by atoms with van der Waals surface area (Å²) < 4.78 is 0. The second-order valence-electron chi connectivity index (χ2n) is 7.83. The van der Waals surface area contributed by atoms with E-state index in [0.29, 0.717) is 0 Å². The van der Waals surface area contributed by atoms with Gasteiger partial charge in [-0.05, 0) is 24.8 Å². The van der Waals surface area contributed by atoms with Crippen molar-refractivity contribution >= 4 is 29.6 Å². The van der Waals surface area contributed by atoms with Crippen LogP contribution in [0.25, 0.3) is 0 Å². The summed E-state index contributed by atoms with van der Waals surface area (Å²) in [6.45, 7) is 4.57. The first-order chi connectivity index (χ1) is 14.9. The summed E-state index contributed by atoms with van der Waals surface area (Å²) in [5, 5.41) is 16.3. The van der Waals surface area contributed by atoms with E-state index in [-0.39, 0.29) is 6.42 Å². The number of amides is 4. The second kappa shape index (κ2) is 12.4. The van der Waals surface area contributed by atoms with Gasteiger partial charge in [0.25, 0.3) is 0 Å². The first kappa shape index (κ1) is 26.6. The molecule has 0 fully saturated rings. The van der Waals surface area contributed by atoms with Gasteiger partial charge in [0, 0.05) is 0 Å². The van der Waals surface area contributed by atoms with Crippen LogP contribution in [0.1, 0.15) is 32.8 Å². The number of aliphatic carboxylic acids is 1.